The number of hydrogen-bond donors (Lipinski definition) is 1. The summed E-state index contributed by atoms with van der Waals surface area (Å²) in [5.74, 6) is 1.05. The van der Waals surface area contributed by atoms with Crippen molar-refractivity contribution in [3.05, 3.63) is 34.9 Å². The van der Waals surface area contributed by atoms with Gasteiger partial charge in [-0.25, -0.2) is 0 Å². The van der Waals surface area contributed by atoms with Gasteiger partial charge in [-0.2, -0.15) is 0 Å². The number of ketones is 2. The number of rotatable bonds is 1. The van der Waals surface area contributed by atoms with Crippen molar-refractivity contribution in [2.75, 3.05) is 0 Å². The Balaban J connectivity index is 1.76. The predicted octanol–water partition coefficient (Wildman–Crippen LogP) is 3.53. The minimum atomic E-state index is -0.920. The van der Waals surface area contributed by atoms with Crippen LogP contribution in [0.25, 0.3) is 0 Å². The van der Waals surface area contributed by atoms with Crippen LogP contribution in [0, 0.1) is 22.7 Å². The summed E-state index contributed by atoms with van der Waals surface area (Å²) in [6.07, 6.45) is 9.64. The molecule has 4 aliphatic rings. The molecule has 0 aromatic rings. The lowest BCUT2D eigenvalue weighted by molar-refractivity contribution is -0.127. The fourth-order valence-corrected chi connectivity index (χ4v) is 6.03. The lowest BCUT2D eigenvalue weighted by Crippen LogP contribution is -2.46. The molecule has 0 saturated heterocycles. The van der Waals surface area contributed by atoms with Crippen LogP contribution in [-0.4, -0.2) is 22.8 Å². The molecule has 1 fully saturated rings. The molecule has 0 heterocycles. The third kappa shape index (κ3) is 1.94. The van der Waals surface area contributed by atoms with Gasteiger partial charge in [0, 0.05) is 17.3 Å². The average Bonchev–Trinajstić information content (AvgIpc) is 2.86. The highest BCUT2D eigenvalue weighted by Crippen LogP contribution is 2.63. The average molecular weight is 326 g/mol. The Kier molecular flexibility index (Phi) is 3.34. The monoisotopic (exact) mass is 326 g/mol. The molecule has 1 unspecified atom stereocenters. The van der Waals surface area contributed by atoms with Crippen molar-refractivity contribution >= 4 is 11.6 Å². The maximum absolute atomic E-state index is 12.2. The van der Waals surface area contributed by atoms with Crippen molar-refractivity contribution in [2.45, 2.75) is 59.0 Å². The minimum absolute atomic E-state index is 0.0459. The molecule has 24 heavy (non-hydrogen) atoms. The second-order valence-electron chi connectivity index (χ2n) is 8.55. The first-order valence-electron chi connectivity index (χ1n) is 9.11. The molecule has 0 aromatic carbocycles. The van der Waals surface area contributed by atoms with Gasteiger partial charge in [0.05, 0.1) is 0 Å². The van der Waals surface area contributed by atoms with E-state index < -0.39 is 6.10 Å². The molecule has 0 aromatic heterocycles. The summed E-state index contributed by atoms with van der Waals surface area (Å²) in [6, 6.07) is 0. The SMILES string of the molecule is CC(=O)C1=CC[C@H]2[C@@H]3CCC4=CC(O)C(=O)C[C@]4(C)C3=CC[C@]12C. The standard InChI is InChI=1S/C21H26O3/c1-12(22)15-6-7-16-14-5-4-13-10-18(23)19(24)11-21(13,3)17(14)8-9-20(15,16)2/h6,8,10,14,16,18,23H,4-5,7,9,11H2,1-3H3/t14-,16-,18?,20+,21-/m0/s1. The summed E-state index contributed by atoms with van der Waals surface area (Å²) in [5.41, 5.74) is 3.36. The van der Waals surface area contributed by atoms with Crippen LogP contribution >= 0.6 is 0 Å². The van der Waals surface area contributed by atoms with Gasteiger partial charge in [0.2, 0.25) is 0 Å². The fourth-order valence-electron chi connectivity index (χ4n) is 6.03. The summed E-state index contributed by atoms with van der Waals surface area (Å²) in [4.78, 5) is 24.2. The molecule has 3 heteroatoms. The van der Waals surface area contributed by atoms with Gasteiger partial charge in [-0.1, -0.05) is 37.1 Å². The number of aliphatic hydroxyl groups excluding tert-OH is 1. The predicted molar refractivity (Wildman–Crippen MR) is 92.2 cm³/mol. The van der Waals surface area contributed by atoms with Crippen LogP contribution in [0.3, 0.4) is 0 Å². The van der Waals surface area contributed by atoms with Crippen LogP contribution in [0.15, 0.2) is 34.9 Å². The van der Waals surface area contributed by atoms with E-state index in [2.05, 4.69) is 26.0 Å². The summed E-state index contributed by atoms with van der Waals surface area (Å²) >= 11 is 0. The molecule has 1 saturated carbocycles. The molecule has 4 rings (SSSR count). The highest BCUT2D eigenvalue weighted by atomic mass is 16.3. The largest absolute Gasteiger partial charge is 0.381 e. The summed E-state index contributed by atoms with van der Waals surface area (Å²) in [6.45, 7) is 6.11. The van der Waals surface area contributed by atoms with Crippen molar-refractivity contribution in [2.24, 2.45) is 22.7 Å². The number of aliphatic hydroxyl groups is 1. The van der Waals surface area contributed by atoms with E-state index in [1.165, 1.54) is 11.1 Å². The summed E-state index contributed by atoms with van der Waals surface area (Å²) in [5, 5.41) is 9.92. The van der Waals surface area contributed by atoms with Crippen molar-refractivity contribution < 1.29 is 14.7 Å². The Labute approximate surface area is 143 Å². The second-order valence-corrected chi connectivity index (χ2v) is 8.55. The number of fused-ring (bicyclic) bond motifs is 5. The van der Waals surface area contributed by atoms with Crippen LogP contribution in [0.1, 0.15) is 52.9 Å². The molecular formula is C21H26O3. The molecule has 0 radical (unpaired) electrons. The Morgan fingerprint density at radius 3 is 2.75 bits per heavy atom. The van der Waals surface area contributed by atoms with E-state index in [1.807, 2.05) is 0 Å². The first-order valence-corrected chi connectivity index (χ1v) is 9.11. The number of hydrogen-bond acceptors (Lipinski definition) is 3. The molecule has 4 aliphatic carbocycles. The van der Waals surface area contributed by atoms with Gasteiger partial charge < -0.3 is 5.11 Å². The van der Waals surface area contributed by atoms with E-state index in [1.54, 1.807) is 13.0 Å². The van der Waals surface area contributed by atoms with E-state index in [-0.39, 0.29) is 22.4 Å². The third-order valence-corrected chi connectivity index (χ3v) is 7.31. The van der Waals surface area contributed by atoms with Gasteiger partial charge in [-0.15, -0.1) is 0 Å². The van der Waals surface area contributed by atoms with Crippen molar-refractivity contribution in [3.8, 4) is 0 Å². The van der Waals surface area contributed by atoms with Gasteiger partial charge in [-0.3, -0.25) is 9.59 Å². The fraction of sp³-hybridized carbons (Fsp3) is 0.619. The zero-order chi connectivity index (χ0) is 17.3. The molecule has 0 bridgehead atoms. The van der Waals surface area contributed by atoms with Gasteiger partial charge >= 0.3 is 0 Å². The van der Waals surface area contributed by atoms with Crippen LogP contribution in [0.4, 0.5) is 0 Å². The number of allylic oxidation sites excluding steroid dienone is 5. The van der Waals surface area contributed by atoms with Crippen molar-refractivity contribution in [1.29, 1.82) is 0 Å². The lowest BCUT2D eigenvalue weighted by Gasteiger charge is -2.53. The zero-order valence-corrected chi connectivity index (χ0v) is 14.8. The molecule has 3 nitrogen and oxygen atoms in total. The van der Waals surface area contributed by atoms with Gasteiger partial charge in [0.25, 0.3) is 0 Å². The Bertz CT molecular complexity index is 725. The lowest BCUT2D eigenvalue weighted by atomic mass is 9.51. The molecule has 0 spiro atoms. The summed E-state index contributed by atoms with van der Waals surface area (Å²) in [7, 11) is 0. The van der Waals surface area contributed by atoms with E-state index in [0.717, 1.165) is 31.3 Å². The molecule has 0 aliphatic heterocycles. The zero-order valence-electron chi connectivity index (χ0n) is 14.8. The van der Waals surface area contributed by atoms with Crippen LogP contribution in [0.2, 0.25) is 0 Å². The highest BCUT2D eigenvalue weighted by molar-refractivity contribution is 5.95. The molecule has 128 valence electrons. The first kappa shape index (κ1) is 16.0. The number of carbonyl (C=O) groups excluding carboxylic acids is 2. The Morgan fingerprint density at radius 2 is 2.04 bits per heavy atom. The molecule has 0 amide bonds. The van der Waals surface area contributed by atoms with E-state index in [4.69, 9.17) is 0 Å². The van der Waals surface area contributed by atoms with E-state index in [9.17, 15) is 14.7 Å². The summed E-state index contributed by atoms with van der Waals surface area (Å²) < 4.78 is 0. The molecular weight excluding hydrogens is 300 g/mol. The maximum atomic E-state index is 12.2. The highest BCUT2D eigenvalue weighted by Gasteiger charge is 2.55. The van der Waals surface area contributed by atoms with Crippen molar-refractivity contribution in [1.82, 2.24) is 0 Å². The third-order valence-electron chi connectivity index (χ3n) is 7.31. The van der Waals surface area contributed by atoms with Crippen LogP contribution in [0.5, 0.6) is 0 Å². The quantitative estimate of drug-likeness (QED) is 0.750. The number of carbonyl (C=O) groups is 2. The topological polar surface area (TPSA) is 54.4 Å². The van der Waals surface area contributed by atoms with Gasteiger partial charge in [-0.05, 0) is 56.1 Å². The van der Waals surface area contributed by atoms with E-state index in [0.29, 0.717) is 18.3 Å². The smallest absolute Gasteiger partial charge is 0.166 e. The first-order chi connectivity index (χ1) is 11.3. The number of Topliss-reactive ketones (excluding diaryl/α,β-unsaturated/α-hetero) is 2. The maximum Gasteiger partial charge on any atom is 0.166 e. The molecule has 1 N–H and O–H groups in total. The van der Waals surface area contributed by atoms with Crippen molar-refractivity contribution in [3.63, 3.8) is 0 Å². The van der Waals surface area contributed by atoms with Gasteiger partial charge in [0.1, 0.15) is 6.10 Å². The minimum Gasteiger partial charge on any atom is -0.381 e. The van der Waals surface area contributed by atoms with E-state index >= 15 is 0 Å². The Hall–Kier alpha value is -1.48. The van der Waals surface area contributed by atoms with Gasteiger partial charge in [0.15, 0.2) is 11.6 Å². The second kappa shape index (κ2) is 5.01. The Morgan fingerprint density at radius 1 is 1.29 bits per heavy atom. The molecule has 5 atom stereocenters. The van der Waals surface area contributed by atoms with Crippen LogP contribution < -0.4 is 0 Å². The van der Waals surface area contributed by atoms with Crippen LogP contribution in [-0.2, 0) is 9.59 Å². The normalized spacial score (nSPS) is 43.9.